The fourth-order valence-corrected chi connectivity index (χ4v) is 2.90. The van der Waals surface area contributed by atoms with Crippen LogP contribution >= 0.6 is 0 Å². The summed E-state index contributed by atoms with van der Waals surface area (Å²) in [5, 5.41) is 2.99. The number of carbonyl (C=O) groups excluding carboxylic acids is 1. The van der Waals surface area contributed by atoms with Crippen LogP contribution in [-0.4, -0.2) is 32.1 Å². The molecule has 1 aromatic rings. The molecule has 1 amide bonds. The van der Waals surface area contributed by atoms with Crippen LogP contribution in [0.3, 0.4) is 0 Å². The molecule has 1 saturated heterocycles. The predicted molar refractivity (Wildman–Crippen MR) is 80.2 cm³/mol. The molecule has 1 heterocycles. The van der Waals surface area contributed by atoms with Crippen LogP contribution in [0.1, 0.15) is 26.7 Å². The van der Waals surface area contributed by atoms with Gasteiger partial charge in [-0.15, -0.1) is 0 Å². The van der Waals surface area contributed by atoms with E-state index in [0.717, 1.165) is 18.8 Å². The third-order valence-corrected chi connectivity index (χ3v) is 4.18. The van der Waals surface area contributed by atoms with E-state index in [9.17, 15) is 4.79 Å². The highest BCUT2D eigenvalue weighted by atomic mass is 16.5. The first kappa shape index (κ1) is 14.9. The Bertz CT molecular complexity index is 462. The lowest BCUT2D eigenvalue weighted by atomic mass is 9.99. The van der Waals surface area contributed by atoms with Crippen molar-refractivity contribution >= 4 is 11.6 Å². The highest BCUT2D eigenvalue weighted by molar-refractivity contribution is 5.94. The van der Waals surface area contributed by atoms with Crippen LogP contribution in [0.5, 0.6) is 5.75 Å². The zero-order valence-electron chi connectivity index (χ0n) is 12.6. The van der Waals surface area contributed by atoms with E-state index in [1.54, 1.807) is 7.11 Å². The molecular weight excluding hydrogens is 252 g/mol. The van der Waals surface area contributed by atoms with Crippen LogP contribution in [0.4, 0.5) is 5.69 Å². The number of piperidine rings is 1. The molecule has 3 atom stereocenters. The van der Waals surface area contributed by atoms with Crippen molar-refractivity contribution in [1.29, 1.82) is 0 Å². The van der Waals surface area contributed by atoms with Crippen molar-refractivity contribution in [3.8, 4) is 5.75 Å². The van der Waals surface area contributed by atoms with Crippen molar-refractivity contribution in [3.63, 3.8) is 0 Å². The lowest BCUT2D eigenvalue weighted by Crippen LogP contribution is -3.17. The number of hydrogen-bond acceptors (Lipinski definition) is 2. The number of anilines is 1. The maximum atomic E-state index is 12.4. The van der Waals surface area contributed by atoms with Gasteiger partial charge in [0.05, 0.1) is 25.9 Å². The summed E-state index contributed by atoms with van der Waals surface area (Å²) in [6.45, 7) is 6.45. The normalized spacial score (nSPS) is 23.9. The fraction of sp³-hybridized carbons (Fsp3) is 0.562. The maximum absolute atomic E-state index is 12.4. The fourth-order valence-electron chi connectivity index (χ4n) is 2.90. The molecule has 20 heavy (non-hydrogen) atoms. The van der Waals surface area contributed by atoms with Gasteiger partial charge in [-0.2, -0.15) is 0 Å². The monoisotopic (exact) mass is 277 g/mol. The minimum Gasteiger partial charge on any atom is -0.495 e. The Morgan fingerprint density at radius 2 is 2.20 bits per heavy atom. The Hall–Kier alpha value is -1.55. The van der Waals surface area contributed by atoms with E-state index in [0.29, 0.717) is 11.7 Å². The van der Waals surface area contributed by atoms with Crippen molar-refractivity contribution in [2.45, 2.75) is 32.7 Å². The first-order chi connectivity index (χ1) is 9.61. The van der Waals surface area contributed by atoms with E-state index in [1.165, 1.54) is 17.7 Å². The summed E-state index contributed by atoms with van der Waals surface area (Å²) in [5.41, 5.74) is 0.747. The largest absolute Gasteiger partial charge is 0.495 e. The summed E-state index contributed by atoms with van der Waals surface area (Å²) in [6, 6.07) is 7.50. The zero-order chi connectivity index (χ0) is 14.5. The molecule has 0 spiro atoms. The van der Waals surface area contributed by atoms with Gasteiger partial charge in [0.2, 0.25) is 0 Å². The minimum absolute atomic E-state index is 0.0253. The van der Waals surface area contributed by atoms with Crippen LogP contribution < -0.4 is 15.0 Å². The Labute approximate surface area is 121 Å². The van der Waals surface area contributed by atoms with Gasteiger partial charge in [0.1, 0.15) is 5.75 Å². The first-order valence-electron chi connectivity index (χ1n) is 7.40. The molecule has 4 nitrogen and oxygen atoms in total. The summed E-state index contributed by atoms with van der Waals surface area (Å²) in [6.07, 6.45) is 2.49. The average molecular weight is 277 g/mol. The Balaban J connectivity index is 2.00. The second-order valence-corrected chi connectivity index (χ2v) is 5.77. The molecule has 0 saturated carbocycles. The maximum Gasteiger partial charge on any atom is 0.282 e. The van der Waals surface area contributed by atoms with Gasteiger partial charge < -0.3 is 15.0 Å². The number of hydrogen-bond donors (Lipinski definition) is 2. The average Bonchev–Trinajstić information content (AvgIpc) is 2.47. The molecule has 110 valence electrons. The molecule has 2 rings (SSSR count). The quantitative estimate of drug-likeness (QED) is 0.872. The number of carbonyl (C=O) groups is 1. The van der Waals surface area contributed by atoms with Gasteiger partial charge in [0, 0.05) is 5.92 Å². The van der Waals surface area contributed by atoms with Crippen LogP contribution in [-0.2, 0) is 4.79 Å². The number of quaternary nitrogens is 1. The van der Waals surface area contributed by atoms with Crippen LogP contribution in [0.2, 0.25) is 0 Å². The number of nitrogens with one attached hydrogen (secondary N) is 2. The molecule has 1 fully saturated rings. The van der Waals surface area contributed by atoms with Crippen LogP contribution in [0.25, 0.3) is 0 Å². The zero-order valence-corrected chi connectivity index (χ0v) is 12.6. The lowest BCUT2D eigenvalue weighted by Gasteiger charge is -2.31. The van der Waals surface area contributed by atoms with Gasteiger partial charge in [0.25, 0.3) is 5.91 Å². The smallest absolute Gasteiger partial charge is 0.282 e. The van der Waals surface area contributed by atoms with E-state index >= 15 is 0 Å². The topological polar surface area (TPSA) is 42.8 Å². The summed E-state index contributed by atoms with van der Waals surface area (Å²) >= 11 is 0. The Morgan fingerprint density at radius 3 is 2.90 bits per heavy atom. The van der Waals surface area contributed by atoms with Crippen molar-refractivity contribution in [2.24, 2.45) is 5.92 Å². The number of ether oxygens (including phenoxy) is 1. The van der Waals surface area contributed by atoms with Crippen molar-refractivity contribution < 1.29 is 14.4 Å². The minimum atomic E-state index is -0.0253. The highest BCUT2D eigenvalue weighted by Crippen LogP contribution is 2.22. The van der Waals surface area contributed by atoms with Gasteiger partial charge in [-0.25, -0.2) is 0 Å². The Morgan fingerprint density at radius 1 is 1.45 bits per heavy atom. The van der Waals surface area contributed by atoms with Gasteiger partial charge >= 0.3 is 0 Å². The molecule has 2 N–H and O–H groups in total. The number of para-hydroxylation sites is 2. The molecule has 0 aromatic heterocycles. The van der Waals surface area contributed by atoms with Gasteiger partial charge in [-0.3, -0.25) is 4.79 Å². The van der Waals surface area contributed by atoms with Crippen LogP contribution in [0, 0.1) is 5.92 Å². The van der Waals surface area contributed by atoms with Crippen molar-refractivity contribution in [1.82, 2.24) is 0 Å². The number of methoxy groups -OCH3 is 1. The summed E-state index contributed by atoms with van der Waals surface area (Å²) in [5.74, 6) is 1.48. The van der Waals surface area contributed by atoms with Crippen molar-refractivity contribution in [2.75, 3.05) is 25.5 Å². The van der Waals surface area contributed by atoms with E-state index in [4.69, 9.17) is 4.74 Å². The number of amides is 1. The Kier molecular flexibility index (Phi) is 5.01. The van der Waals surface area contributed by atoms with E-state index in [-0.39, 0.29) is 11.9 Å². The number of likely N-dealkylation sites (tertiary alicyclic amines) is 1. The standard InChI is InChI=1S/C16H24N2O2/c1-12-7-6-10-18(11-12)13(2)16(19)17-14-8-4-5-9-15(14)20-3/h4-5,8-9,12-13H,6-7,10-11H2,1-3H3,(H,17,19)/p+1/t12-,13-/m0/s1. The number of benzene rings is 1. The molecule has 0 bridgehead atoms. The molecule has 1 aliphatic rings. The second kappa shape index (κ2) is 6.75. The molecule has 4 heteroatoms. The third-order valence-electron chi connectivity index (χ3n) is 4.18. The van der Waals surface area contributed by atoms with Crippen LogP contribution in [0.15, 0.2) is 24.3 Å². The van der Waals surface area contributed by atoms with Crippen molar-refractivity contribution in [3.05, 3.63) is 24.3 Å². The summed E-state index contributed by atoms with van der Waals surface area (Å²) in [7, 11) is 1.62. The molecule has 1 aromatic carbocycles. The number of rotatable bonds is 4. The van der Waals surface area contributed by atoms with E-state index < -0.39 is 0 Å². The predicted octanol–water partition coefficient (Wildman–Crippen LogP) is 1.34. The molecule has 0 radical (unpaired) electrons. The van der Waals surface area contributed by atoms with E-state index in [1.807, 2.05) is 31.2 Å². The second-order valence-electron chi connectivity index (χ2n) is 5.77. The molecule has 0 aliphatic carbocycles. The lowest BCUT2D eigenvalue weighted by molar-refractivity contribution is -0.922. The van der Waals surface area contributed by atoms with E-state index in [2.05, 4.69) is 12.2 Å². The summed E-state index contributed by atoms with van der Waals surface area (Å²) < 4.78 is 5.27. The first-order valence-corrected chi connectivity index (χ1v) is 7.40. The van der Waals surface area contributed by atoms with Gasteiger partial charge in [-0.1, -0.05) is 19.1 Å². The molecular formula is C16H25N2O2+. The summed E-state index contributed by atoms with van der Waals surface area (Å²) in [4.78, 5) is 13.8. The molecule has 1 unspecified atom stereocenters. The van der Waals surface area contributed by atoms with Gasteiger partial charge in [0.15, 0.2) is 6.04 Å². The highest BCUT2D eigenvalue weighted by Gasteiger charge is 2.29. The van der Waals surface area contributed by atoms with Gasteiger partial charge in [-0.05, 0) is 31.9 Å². The molecule has 1 aliphatic heterocycles. The SMILES string of the molecule is COc1ccccc1NC(=O)[C@H](C)[NH+]1CCC[C@H](C)C1. The third kappa shape index (κ3) is 3.51.